The topological polar surface area (TPSA) is 67.9 Å². The van der Waals surface area contributed by atoms with Gasteiger partial charge in [0, 0.05) is 12.7 Å². The van der Waals surface area contributed by atoms with Gasteiger partial charge in [-0.1, -0.05) is 18.2 Å². The molecule has 0 aliphatic heterocycles. The highest BCUT2D eigenvalue weighted by Gasteiger charge is 2.30. The quantitative estimate of drug-likeness (QED) is 0.799. The van der Waals surface area contributed by atoms with Crippen LogP contribution in [0.3, 0.4) is 0 Å². The summed E-state index contributed by atoms with van der Waals surface area (Å²) in [5.74, 6) is -0.770. The van der Waals surface area contributed by atoms with Crippen LogP contribution in [0.1, 0.15) is 0 Å². The van der Waals surface area contributed by atoms with E-state index < -0.39 is 23.9 Å². The molecular formula is C18H17F3N2O4. The molecule has 0 fully saturated rings. The van der Waals surface area contributed by atoms with Gasteiger partial charge in [0.1, 0.15) is 11.5 Å². The highest BCUT2D eigenvalue weighted by Crippen LogP contribution is 2.23. The molecule has 9 heteroatoms. The van der Waals surface area contributed by atoms with Gasteiger partial charge >= 0.3 is 6.36 Å². The maximum atomic E-state index is 12.1. The van der Waals surface area contributed by atoms with E-state index in [2.05, 4.69) is 10.1 Å². The Morgan fingerprint density at radius 2 is 1.63 bits per heavy atom. The molecule has 0 unspecified atom stereocenters. The zero-order valence-electron chi connectivity index (χ0n) is 14.3. The average molecular weight is 382 g/mol. The van der Waals surface area contributed by atoms with Crippen LogP contribution in [0, 0.1) is 0 Å². The molecule has 2 aromatic carbocycles. The van der Waals surface area contributed by atoms with Crippen LogP contribution in [-0.4, -0.2) is 43.3 Å². The Morgan fingerprint density at radius 1 is 1.00 bits per heavy atom. The first-order valence-corrected chi connectivity index (χ1v) is 7.80. The second kappa shape index (κ2) is 8.93. The number of hydrogen-bond donors (Lipinski definition) is 1. The second-order valence-corrected chi connectivity index (χ2v) is 5.47. The van der Waals surface area contributed by atoms with Crippen LogP contribution < -0.4 is 14.8 Å². The van der Waals surface area contributed by atoms with Crippen molar-refractivity contribution in [3.63, 3.8) is 0 Å². The molecule has 0 atom stereocenters. The van der Waals surface area contributed by atoms with Crippen LogP contribution in [-0.2, 0) is 9.59 Å². The van der Waals surface area contributed by atoms with E-state index in [0.717, 1.165) is 12.1 Å². The van der Waals surface area contributed by atoms with Crippen LogP contribution in [0.5, 0.6) is 11.5 Å². The Morgan fingerprint density at radius 3 is 2.22 bits per heavy atom. The standard InChI is InChI=1S/C18H17F3N2O4/c1-23(17(25)12-26-14-5-3-2-4-6-14)11-16(24)22-13-7-9-15(10-8-13)27-18(19,20)21/h2-10H,11-12H2,1H3,(H,22,24). The summed E-state index contributed by atoms with van der Waals surface area (Å²) in [6.45, 7) is -0.463. The van der Waals surface area contributed by atoms with Gasteiger partial charge in [-0.25, -0.2) is 0 Å². The molecule has 2 rings (SSSR count). The maximum absolute atomic E-state index is 12.1. The molecule has 0 aliphatic rings. The first-order valence-electron chi connectivity index (χ1n) is 7.80. The first kappa shape index (κ1) is 20.1. The summed E-state index contributed by atoms with van der Waals surface area (Å²) >= 11 is 0. The van der Waals surface area contributed by atoms with Gasteiger partial charge in [0.15, 0.2) is 6.61 Å². The second-order valence-electron chi connectivity index (χ2n) is 5.47. The summed E-state index contributed by atoms with van der Waals surface area (Å²) in [5.41, 5.74) is 0.274. The predicted octanol–water partition coefficient (Wildman–Crippen LogP) is 3.06. The SMILES string of the molecule is CN(CC(=O)Nc1ccc(OC(F)(F)F)cc1)C(=O)COc1ccccc1. The number of nitrogens with one attached hydrogen (secondary N) is 1. The summed E-state index contributed by atoms with van der Waals surface area (Å²) in [7, 11) is 1.44. The van der Waals surface area contributed by atoms with Crippen LogP contribution in [0.4, 0.5) is 18.9 Å². The Hall–Kier alpha value is -3.23. The molecule has 0 spiro atoms. The molecule has 0 radical (unpaired) electrons. The lowest BCUT2D eigenvalue weighted by Crippen LogP contribution is -2.37. The summed E-state index contributed by atoms with van der Waals surface area (Å²) in [6.07, 6.45) is -4.78. The van der Waals surface area contributed by atoms with Gasteiger partial charge in [0.25, 0.3) is 5.91 Å². The Balaban J connectivity index is 1.79. The summed E-state index contributed by atoms with van der Waals surface area (Å²) in [5, 5.41) is 2.48. The molecule has 0 heterocycles. The monoisotopic (exact) mass is 382 g/mol. The van der Waals surface area contributed by atoms with E-state index in [-0.39, 0.29) is 18.8 Å². The van der Waals surface area contributed by atoms with Gasteiger partial charge in [-0.15, -0.1) is 13.2 Å². The minimum absolute atomic E-state index is 0.225. The van der Waals surface area contributed by atoms with Crippen LogP contribution in [0.25, 0.3) is 0 Å². The molecule has 0 saturated heterocycles. The molecule has 27 heavy (non-hydrogen) atoms. The Labute approximate surface area is 153 Å². The lowest BCUT2D eigenvalue weighted by atomic mass is 10.3. The maximum Gasteiger partial charge on any atom is 0.573 e. The van der Waals surface area contributed by atoms with Gasteiger partial charge in [-0.2, -0.15) is 0 Å². The van der Waals surface area contributed by atoms with Crippen LogP contribution in [0.2, 0.25) is 0 Å². The Kier molecular flexibility index (Phi) is 6.64. The van der Waals surface area contributed by atoms with Crippen molar-refractivity contribution in [2.45, 2.75) is 6.36 Å². The zero-order valence-corrected chi connectivity index (χ0v) is 14.3. The highest BCUT2D eigenvalue weighted by atomic mass is 19.4. The van der Waals surface area contributed by atoms with E-state index >= 15 is 0 Å². The molecule has 144 valence electrons. The third kappa shape index (κ3) is 7.27. The number of amides is 2. The number of rotatable bonds is 7. The number of nitrogens with zero attached hydrogens (tertiary/aromatic N) is 1. The van der Waals surface area contributed by atoms with Gasteiger partial charge in [-0.05, 0) is 36.4 Å². The van der Waals surface area contributed by atoms with Crippen molar-refractivity contribution in [2.24, 2.45) is 0 Å². The van der Waals surface area contributed by atoms with E-state index in [1.54, 1.807) is 24.3 Å². The molecule has 0 aliphatic carbocycles. The number of carbonyl (C=O) groups excluding carboxylic acids is 2. The number of carbonyl (C=O) groups is 2. The lowest BCUT2D eigenvalue weighted by Gasteiger charge is -2.17. The molecular weight excluding hydrogens is 365 g/mol. The first-order chi connectivity index (χ1) is 12.7. The molecule has 2 aromatic rings. The molecule has 0 saturated carbocycles. The molecule has 1 N–H and O–H groups in total. The number of para-hydroxylation sites is 1. The van der Waals surface area contributed by atoms with Crippen molar-refractivity contribution in [2.75, 3.05) is 25.5 Å². The third-order valence-corrected chi connectivity index (χ3v) is 3.28. The van der Waals surface area contributed by atoms with E-state index in [1.165, 1.54) is 24.1 Å². The largest absolute Gasteiger partial charge is 0.573 e. The summed E-state index contributed by atoms with van der Waals surface area (Å²) < 4.78 is 45.4. The number of hydrogen-bond acceptors (Lipinski definition) is 4. The minimum atomic E-state index is -4.78. The number of halogens is 3. The number of likely N-dealkylation sites (N-methyl/N-ethyl adjacent to an activating group) is 1. The molecule has 0 aromatic heterocycles. The van der Waals surface area contributed by atoms with Crippen molar-refractivity contribution < 1.29 is 32.2 Å². The number of ether oxygens (including phenoxy) is 2. The summed E-state index contributed by atoms with van der Waals surface area (Å²) in [6, 6.07) is 13.4. The highest BCUT2D eigenvalue weighted by molar-refractivity contribution is 5.94. The predicted molar refractivity (Wildman–Crippen MR) is 91.3 cm³/mol. The smallest absolute Gasteiger partial charge is 0.484 e. The van der Waals surface area contributed by atoms with Gasteiger partial charge in [0.2, 0.25) is 5.91 Å². The Bertz CT molecular complexity index is 764. The van der Waals surface area contributed by atoms with E-state index in [1.807, 2.05) is 6.07 Å². The third-order valence-electron chi connectivity index (χ3n) is 3.28. The van der Waals surface area contributed by atoms with Crippen molar-refractivity contribution in [1.82, 2.24) is 4.90 Å². The van der Waals surface area contributed by atoms with E-state index in [0.29, 0.717) is 5.75 Å². The molecule has 2 amide bonds. The fourth-order valence-corrected chi connectivity index (χ4v) is 2.02. The van der Waals surface area contributed by atoms with Gasteiger partial charge < -0.3 is 19.7 Å². The van der Waals surface area contributed by atoms with E-state index in [9.17, 15) is 22.8 Å². The number of alkyl halides is 3. The summed E-state index contributed by atoms with van der Waals surface area (Å²) in [4.78, 5) is 25.1. The molecule has 0 bridgehead atoms. The lowest BCUT2D eigenvalue weighted by molar-refractivity contribution is -0.274. The fourth-order valence-electron chi connectivity index (χ4n) is 2.02. The number of benzene rings is 2. The van der Waals surface area contributed by atoms with Crippen molar-refractivity contribution >= 4 is 17.5 Å². The van der Waals surface area contributed by atoms with E-state index in [4.69, 9.17) is 4.74 Å². The van der Waals surface area contributed by atoms with Crippen molar-refractivity contribution in [3.05, 3.63) is 54.6 Å². The van der Waals surface area contributed by atoms with Crippen molar-refractivity contribution in [3.8, 4) is 11.5 Å². The zero-order chi connectivity index (χ0) is 19.9. The van der Waals surface area contributed by atoms with Crippen LogP contribution in [0.15, 0.2) is 54.6 Å². The van der Waals surface area contributed by atoms with Gasteiger partial charge in [-0.3, -0.25) is 9.59 Å². The van der Waals surface area contributed by atoms with Gasteiger partial charge in [0.05, 0.1) is 6.54 Å². The normalized spacial score (nSPS) is 10.8. The number of anilines is 1. The van der Waals surface area contributed by atoms with Crippen molar-refractivity contribution in [1.29, 1.82) is 0 Å². The fraction of sp³-hybridized carbons (Fsp3) is 0.222. The molecule has 6 nitrogen and oxygen atoms in total. The minimum Gasteiger partial charge on any atom is -0.484 e. The van der Waals surface area contributed by atoms with Crippen LogP contribution >= 0.6 is 0 Å². The average Bonchev–Trinajstić information content (AvgIpc) is 2.61.